The van der Waals surface area contributed by atoms with E-state index in [4.69, 9.17) is 16.3 Å². The SMILES string of the molecule is Cc1ccc(Oc2ccccc2Cl)c(CNCC(C)C)c1. The molecule has 0 bridgehead atoms. The molecule has 2 aromatic carbocycles. The van der Waals surface area contributed by atoms with Gasteiger partial charge in [0.2, 0.25) is 0 Å². The molecule has 0 heterocycles. The molecule has 2 rings (SSSR count). The standard InChI is InChI=1S/C18H22ClNO/c1-13(2)11-20-12-15-10-14(3)8-9-17(15)21-18-7-5-4-6-16(18)19/h4-10,13,20H,11-12H2,1-3H3. The van der Waals surface area contributed by atoms with Gasteiger partial charge in [-0.1, -0.05) is 55.3 Å². The van der Waals surface area contributed by atoms with E-state index in [-0.39, 0.29) is 0 Å². The average Bonchev–Trinajstić information content (AvgIpc) is 2.43. The number of rotatable bonds is 6. The Kier molecular flexibility index (Phi) is 5.66. The van der Waals surface area contributed by atoms with Crippen molar-refractivity contribution in [1.82, 2.24) is 5.32 Å². The Labute approximate surface area is 132 Å². The molecule has 0 saturated carbocycles. The lowest BCUT2D eigenvalue weighted by atomic mass is 10.1. The molecule has 0 radical (unpaired) electrons. The van der Waals surface area contributed by atoms with Gasteiger partial charge in [0.1, 0.15) is 11.5 Å². The predicted octanol–water partition coefficient (Wildman–Crippen LogP) is 5.19. The van der Waals surface area contributed by atoms with Crippen LogP contribution in [-0.4, -0.2) is 6.54 Å². The monoisotopic (exact) mass is 303 g/mol. The number of para-hydroxylation sites is 1. The quantitative estimate of drug-likeness (QED) is 0.793. The van der Waals surface area contributed by atoms with Gasteiger partial charge in [0.25, 0.3) is 0 Å². The van der Waals surface area contributed by atoms with Gasteiger partial charge < -0.3 is 10.1 Å². The number of aryl methyl sites for hydroxylation is 1. The lowest BCUT2D eigenvalue weighted by Crippen LogP contribution is -2.19. The van der Waals surface area contributed by atoms with Crippen molar-refractivity contribution in [3.63, 3.8) is 0 Å². The largest absolute Gasteiger partial charge is 0.455 e. The van der Waals surface area contributed by atoms with E-state index in [1.165, 1.54) is 5.56 Å². The fourth-order valence-corrected chi connectivity index (χ4v) is 2.26. The molecule has 2 aromatic rings. The summed E-state index contributed by atoms with van der Waals surface area (Å²) in [5.41, 5.74) is 2.37. The maximum Gasteiger partial charge on any atom is 0.146 e. The van der Waals surface area contributed by atoms with E-state index in [0.29, 0.717) is 16.7 Å². The van der Waals surface area contributed by atoms with Crippen molar-refractivity contribution in [2.24, 2.45) is 5.92 Å². The van der Waals surface area contributed by atoms with E-state index < -0.39 is 0 Å². The summed E-state index contributed by atoms with van der Waals surface area (Å²) in [6, 6.07) is 13.7. The maximum absolute atomic E-state index is 6.16. The number of hydrogen-bond donors (Lipinski definition) is 1. The molecule has 0 aliphatic rings. The number of halogens is 1. The van der Waals surface area contributed by atoms with Crippen LogP contribution < -0.4 is 10.1 Å². The lowest BCUT2D eigenvalue weighted by molar-refractivity contribution is 0.469. The van der Waals surface area contributed by atoms with Gasteiger partial charge in [0.05, 0.1) is 5.02 Å². The Balaban J connectivity index is 2.16. The number of nitrogens with one attached hydrogen (secondary N) is 1. The lowest BCUT2D eigenvalue weighted by Gasteiger charge is -2.14. The molecule has 0 spiro atoms. The van der Waals surface area contributed by atoms with Crippen LogP contribution in [0.4, 0.5) is 0 Å². The predicted molar refractivity (Wildman–Crippen MR) is 89.2 cm³/mol. The number of hydrogen-bond acceptors (Lipinski definition) is 2. The van der Waals surface area contributed by atoms with E-state index in [1.54, 1.807) is 0 Å². The third-order valence-corrected chi connectivity index (χ3v) is 3.45. The summed E-state index contributed by atoms with van der Waals surface area (Å²) < 4.78 is 5.98. The Bertz CT molecular complexity index is 596. The molecule has 21 heavy (non-hydrogen) atoms. The summed E-state index contributed by atoms with van der Waals surface area (Å²) >= 11 is 6.16. The van der Waals surface area contributed by atoms with Crippen molar-refractivity contribution >= 4 is 11.6 Å². The molecule has 2 nitrogen and oxygen atoms in total. The van der Waals surface area contributed by atoms with Gasteiger partial charge in [-0.25, -0.2) is 0 Å². The molecule has 0 aliphatic carbocycles. The molecular formula is C18H22ClNO. The summed E-state index contributed by atoms with van der Waals surface area (Å²) in [5, 5.41) is 4.08. The van der Waals surface area contributed by atoms with E-state index in [9.17, 15) is 0 Å². The number of benzene rings is 2. The first-order chi connectivity index (χ1) is 10.1. The van der Waals surface area contributed by atoms with Crippen LogP contribution in [0.2, 0.25) is 5.02 Å². The van der Waals surface area contributed by atoms with Crippen LogP contribution in [0.25, 0.3) is 0 Å². The normalized spacial score (nSPS) is 10.9. The highest BCUT2D eigenvalue weighted by atomic mass is 35.5. The average molecular weight is 304 g/mol. The van der Waals surface area contributed by atoms with Crippen molar-refractivity contribution in [2.75, 3.05) is 6.54 Å². The van der Waals surface area contributed by atoms with Crippen LogP contribution in [0, 0.1) is 12.8 Å². The Morgan fingerprint density at radius 3 is 2.57 bits per heavy atom. The van der Waals surface area contributed by atoms with Gasteiger partial charge in [0, 0.05) is 12.1 Å². The van der Waals surface area contributed by atoms with Gasteiger partial charge in [-0.3, -0.25) is 0 Å². The van der Waals surface area contributed by atoms with Crippen LogP contribution in [-0.2, 0) is 6.54 Å². The third kappa shape index (κ3) is 4.76. The fourth-order valence-electron chi connectivity index (χ4n) is 2.09. The summed E-state index contributed by atoms with van der Waals surface area (Å²) in [4.78, 5) is 0. The molecule has 0 atom stereocenters. The molecule has 0 fully saturated rings. The number of ether oxygens (including phenoxy) is 1. The Morgan fingerprint density at radius 1 is 1.10 bits per heavy atom. The van der Waals surface area contributed by atoms with Crippen molar-refractivity contribution in [3.8, 4) is 11.5 Å². The van der Waals surface area contributed by atoms with E-state index in [1.807, 2.05) is 30.3 Å². The molecule has 0 saturated heterocycles. The molecule has 0 amide bonds. The van der Waals surface area contributed by atoms with Crippen LogP contribution in [0.5, 0.6) is 11.5 Å². The second-order valence-electron chi connectivity index (χ2n) is 5.67. The van der Waals surface area contributed by atoms with Crippen LogP contribution in [0.3, 0.4) is 0 Å². The summed E-state index contributed by atoms with van der Waals surface area (Å²) in [7, 11) is 0. The molecule has 112 valence electrons. The minimum atomic E-state index is 0.624. The maximum atomic E-state index is 6.16. The summed E-state index contributed by atoms with van der Waals surface area (Å²) in [5.74, 6) is 2.17. The fraction of sp³-hybridized carbons (Fsp3) is 0.333. The van der Waals surface area contributed by atoms with E-state index >= 15 is 0 Å². The second-order valence-corrected chi connectivity index (χ2v) is 6.08. The second kappa shape index (κ2) is 7.48. The van der Waals surface area contributed by atoms with Gasteiger partial charge in [-0.2, -0.15) is 0 Å². The molecule has 1 N–H and O–H groups in total. The van der Waals surface area contributed by atoms with E-state index in [2.05, 4.69) is 38.2 Å². The van der Waals surface area contributed by atoms with Crippen molar-refractivity contribution in [3.05, 3.63) is 58.6 Å². The molecule has 0 aliphatic heterocycles. The van der Waals surface area contributed by atoms with E-state index in [0.717, 1.165) is 24.4 Å². The van der Waals surface area contributed by atoms with Crippen LogP contribution >= 0.6 is 11.6 Å². The highest BCUT2D eigenvalue weighted by molar-refractivity contribution is 6.32. The zero-order valence-electron chi connectivity index (χ0n) is 12.8. The molecular weight excluding hydrogens is 282 g/mol. The van der Waals surface area contributed by atoms with Crippen LogP contribution in [0.15, 0.2) is 42.5 Å². The minimum absolute atomic E-state index is 0.624. The Morgan fingerprint density at radius 2 is 1.86 bits per heavy atom. The van der Waals surface area contributed by atoms with Crippen molar-refractivity contribution in [1.29, 1.82) is 0 Å². The highest BCUT2D eigenvalue weighted by Gasteiger charge is 2.08. The van der Waals surface area contributed by atoms with Gasteiger partial charge in [-0.05, 0) is 37.6 Å². The minimum Gasteiger partial charge on any atom is -0.455 e. The zero-order valence-corrected chi connectivity index (χ0v) is 13.6. The van der Waals surface area contributed by atoms with Crippen molar-refractivity contribution in [2.45, 2.75) is 27.3 Å². The molecule has 0 unspecified atom stereocenters. The zero-order chi connectivity index (χ0) is 15.2. The van der Waals surface area contributed by atoms with Gasteiger partial charge in [0.15, 0.2) is 0 Å². The van der Waals surface area contributed by atoms with Crippen molar-refractivity contribution < 1.29 is 4.74 Å². The highest BCUT2D eigenvalue weighted by Crippen LogP contribution is 2.31. The molecule has 0 aromatic heterocycles. The smallest absolute Gasteiger partial charge is 0.146 e. The first-order valence-electron chi connectivity index (χ1n) is 7.29. The summed E-state index contributed by atoms with van der Waals surface area (Å²) in [6.07, 6.45) is 0. The first kappa shape index (κ1) is 15.9. The van der Waals surface area contributed by atoms with Gasteiger partial charge >= 0.3 is 0 Å². The van der Waals surface area contributed by atoms with Gasteiger partial charge in [-0.15, -0.1) is 0 Å². The first-order valence-corrected chi connectivity index (χ1v) is 7.66. The van der Waals surface area contributed by atoms with Crippen LogP contribution in [0.1, 0.15) is 25.0 Å². The Hall–Kier alpha value is -1.51. The topological polar surface area (TPSA) is 21.3 Å². The molecule has 3 heteroatoms. The third-order valence-electron chi connectivity index (χ3n) is 3.14. The summed E-state index contributed by atoms with van der Waals surface area (Å²) in [6.45, 7) is 8.26.